The van der Waals surface area contributed by atoms with Gasteiger partial charge in [0, 0.05) is 24.3 Å². The summed E-state index contributed by atoms with van der Waals surface area (Å²) in [5.41, 5.74) is 5.51. The number of ether oxygens (including phenoxy) is 2. The highest BCUT2D eigenvalue weighted by molar-refractivity contribution is 7.86. The highest BCUT2D eigenvalue weighted by atomic mass is 32.2. The van der Waals surface area contributed by atoms with Gasteiger partial charge in [0.2, 0.25) is 0 Å². The second-order valence-electron chi connectivity index (χ2n) is 7.45. The Morgan fingerprint density at radius 1 is 0.842 bits per heavy atom. The summed E-state index contributed by atoms with van der Waals surface area (Å²) in [6.07, 6.45) is 2.23. The van der Waals surface area contributed by atoms with E-state index in [4.69, 9.17) is 15.2 Å². The zero-order valence-electron chi connectivity index (χ0n) is 19.7. The van der Waals surface area contributed by atoms with Crippen LogP contribution in [-0.4, -0.2) is 45.1 Å². The number of nitrogens with zero attached hydrogens (tertiary/aromatic N) is 3. The molecule has 0 saturated heterocycles. The van der Waals surface area contributed by atoms with Crippen LogP contribution < -0.4 is 15.2 Å². The van der Waals surface area contributed by atoms with E-state index in [1.807, 2.05) is 0 Å². The summed E-state index contributed by atoms with van der Waals surface area (Å²) in [6.45, 7) is 0. The molecule has 200 valence electrons. The molecule has 3 rings (SSSR count). The van der Waals surface area contributed by atoms with Gasteiger partial charge in [-0.15, -0.1) is 5.11 Å². The summed E-state index contributed by atoms with van der Waals surface area (Å²) in [5, 5.41) is 19.0. The topological polar surface area (TPSA) is 221 Å². The van der Waals surface area contributed by atoms with Gasteiger partial charge in [-0.3, -0.25) is 19.2 Å². The van der Waals surface area contributed by atoms with Gasteiger partial charge in [0.1, 0.15) is 27.0 Å². The largest absolute Gasteiger partial charge is 0.495 e. The Hall–Kier alpha value is -4.38. The molecule has 3 aromatic rings. The van der Waals surface area contributed by atoms with E-state index in [1.54, 1.807) is 0 Å². The third kappa shape index (κ3) is 6.48. The van der Waals surface area contributed by atoms with Crippen molar-refractivity contribution in [2.45, 2.75) is 9.79 Å². The third-order valence-corrected chi connectivity index (χ3v) is 6.83. The van der Waals surface area contributed by atoms with Crippen LogP contribution in [0.1, 0.15) is 11.1 Å². The number of nitrogens with two attached hydrogens (primary N) is 1. The minimum absolute atomic E-state index is 0.0154. The molecule has 38 heavy (non-hydrogen) atoms. The van der Waals surface area contributed by atoms with Crippen molar-refractivity contribution in [3.8, 4) is 11.5 Å². The van der Waals surface area contributed by atoms with Crippen LogP contribution in [0.4, 0.5) is 22.7 Å². The van der Waals surface area contributed by atoms with Crippen molar-refractivity contribution < 1.29 is 40.3 Å². The maximum absolute atomic E-state index is 12.0. The van der Waals surface area contributed by atoms with Gasteiger partial charge in [0.05, 0.1) is 30.5 Å². The van der Waals surface area contributed by atoms with Crippen LogP contribution in [0, 0.1) is 10.1 Å². The maximum Gasteiger partial charge on any atom is 0.295 e. The molecule has 0 atom stereocenters. The van der Waals surface area contributed by atoms with Crippen molar-refractivity contribution in [2.24, 2.45) is 10.2 Å². The Balaban J connectivity index is 2.05. The average Bonchev–Trinajstić information content (AvgIpc) is 2.85. The molecular weight excluding hydrogens is 544 g/mol. The molecule has 0 saturated carbocycles. The first-order valence-corrected chi connectivity index (χ1v) is 13.1. The van der Waals surface area contributed by atoms with Crippen LogP contribution in [0.2, 0.25) is 0 Å². The normalized spacial score (nSPS) is 12.2. The van der Waals surface area contributed by atoms with Crippen LogP contribution in [0.5, 0.6) is 11.5 Å². The second-order valence-corrected chi connectivity index (χ2v) is 10.2. The molecule has 0 unspecified atom stereocenters. The van der Waals surface area contributed by atoms with E-state index in [1.165, 1.54) is 38.5 Å². The Labute approximate surface area is 216 Å². The lowest BCUT2D eigenvalue weighted by atomic mass is 10.1. The molecule has 0 fully saturated rings. The van der Waals surface area contributed by atoms with Gasteiger partial charge in [0.15, 0.2) is 0 Å². The van der Waals surface area contributed by atoms with Crippen LogP contribution in [0.3, 0.4) is 0 Å². The lowest BCUT2D eigenvalue weighted by Crippen LogP contribution is -2.02. The monoisotopic (exact) mass is 564 g/mol. The fraction of sp³-hybridized carbons (Fsp3) is 0.0909. The van der Waals surface area contributed by atoms with Crippen LogP contribution in [-0.2, 0) is 20.2 Å². The molecule has 0 aliphatic rings. The van der Waals surface area contributed by atoms with Gasteiger partial charge in [-0.05, 0) is 29.3 Å². The highest BCUT2D eigenvalue weighted by Gasteiger charge is 2.20. The first kappa shape index (κ1) is 28.2. The Bertz CT molecular complexity index is 1680. The van der Waals surface area contributed by atoms with E-state index in [9.17, 15) is 36.1 Å². The van der Waals surface area contributed by atoms with E-state index in [0.717, 1.165) is 30.4 Å². The van der Waals surface area contributed by atoms with Crippen molar-refractivity contribution in [3.05, 3.63) is 69.8 Å². The molecule has 4 N–H and O–H groups in total. The smallest absolute Gasteiger partial charge is 0.295 e. The van der Waals surface area contributed by atoms with Gasteiger partial charge in [-0.25, -0.2) is 0 Å². The van der Waals surface area contributed by atoms with Crippen LogP contribution in [0.15, 0.2) is 68.6 Å². The number of nitro groups is 1. The zero-order valence-corrected chi connectivity index (χ0v) is 21.3. The molecule has 0 aromatic heterocycles. The summed E-state index contributed by atoms with van der Waals surface area (Å²) in [4.78, 5) is 8.76. The Morgan fingerprint density at radius 3 is 1.92 bits per heavy atom. The number of nitrogen functional groups attached to an aromatic ring is 1. The standard InChI is InChI=1S/C22H20N4O10S2/c1-35-19-12-18(20(36-2)11-17(19)23)25-24-15-7-5-13(21(9-15)37(29,30)31)3-4-14-6-8-16(26(27)28)10-22(14)38(32,33)34/h3-12H,23H2,1-2H3,(H,29,30,31)(H,32,33,34). The molecule has 0 bridgehead atoms. The van der Waals surface area contributed by atoms with Crippen molar-refractivity contribution in [3.63, 3.8) is 0 Å². The van der Waals surface area contributed by atoms with Crippen molar-refractivity contribution in [1.29, 1.82) is 0 Å². The predicted octanol–water partition coefficient (Wildman–Crippen LogP) is 4.27. The summed E-state index contributed by atoms with van der Waals surface area (Å²) < 4.78 is 77.1. The SMILES string of the molecule is COc1cc(N=Nc2ccc(C=Cc3ccc([N+](=O)[O-])cc3S(=O)(=O)O)c(S(=O)(=O)O)c2)c(OC)cc1N. The minimum Gasteiger partial charge on any atom is -0.495 e. The van der Waals surface area contributed by atoms with E-state index < -0.39 is 40.6 Å². The van der Waals surface area contributed by atoms with Crippen LogP contribution >= 0.6 is 0 Å². The fourth-order valence-corrected chi connectivity index (χ4v) is 4.63. The predicted molar refractivity (Wildman–Crippen MR) is 136 cm³/mol. The first-order valence-electron chi connectivity index (χ1n) is 10.2. The van der Waals surface area contributed by atoms with E-state index in [2.05, 4.69) is 10.2 Å². The van der Waals surface area contributed by atoms with E-state index in [-0.39, 0.29) is 28.3 Å². The van der Waals surface area contributed by atoms with Gasteiger partial charge < -0.3 is 15.2 Å². The Morgan fingerprint density at radius 2 is 1.39 bits per heavy atom. The van der Waals surface area contributed by atoms with E-state index >= 15 is 0 Å². The first-order chi connectivity index (χ1) is 17.7. The minimum atomic E-state index is -4.86. The zero-order chi connectivity index (χ0) is 28.3. The second kappa shape index (κ2) is 10.9. The summed E-state index contributed by atoms with van der Waals surface area (Å²) in [6, 6.07) is 9.26. The van der Waals surface area contributed by atoms with Gasteiger partial charge in [-0.2, -0.15) is 21.9 Å². The molecule has 3 aromatic carbocycles. The average molecular weight is 565 g/mol. The van der Waals surface area contributed by atoms with Crippen molar-refractivity contribution >= 4 is 55.1 Å². The Kier molecular flexibility index (Phi) is 8.11. The number of rotatable bonds is 9. The molecule has 0 aliphatic carbocycles. The lowest BCUT2D eigenvalue weighted by molar-refractivity contribution is -0.385. The number of methoxy groups -OCH3 is 2. The molecule has 0 heterocycles. The van der Waals surface area contributed by atoms with Gasteiger partial charge >= 0.3 is 0 Å². The summed E-state index contributed by atoms with van der Waals surface area (Å²) in [7, 11) is -6.88. The number of non-ortho nitro benzene ring substituents is 1. The van der Waals surface area contributed by atoms with Crippen molar-refractivity contribution in [2.75, 3.05) is 20.0 Å². The maximum atomic E-state index is 12.0. The quantitative estimate of drug-likeness (QED) is 0.0831. The number of anilines is 1. The number of azo groups is 1. The number of nitro benzene ring substituents is 1. The van der Waals surface area contributed by atoms with Gasteiger partial charge in [0.25, 0.3) is 25.9 Å². The summed E-state index contributed by atoms with van der Waals surface area (Å²) >= 11 is 0. The number of hydrogen-bond acceptors (Lipinski definition) is 11. The molecule has 16 heteroatoms. The molecular formula is C22H20N4O10S2. The molecule has 0 amide bonds. The highest BCUT2D eigenvalue weighted by Crippen LogP contribution is 2.37. The lowest BCUT2D eigenvalue weighted by Gasteiger charge is -2.09. The third-order valence-electron chi connectivity index (χ3n) is 5.01. The van der Waals surface area contributed by atoms with Crippen LogP contribution in [0.25, 0.3) is 12.2 Å². The molecule has 0 spiro atoms. The molecule has 0 aliphatic heterocycles. The van der Waals surface area contributed by atoms with Crippen molar-refractivity contribution in [1.82, 2.24) is 0 Å². The number of hydrogen-bond donors (Lipinski definition) is 3. The number of benzene rings is 3. The molecule has 14 nitrogen and oxygen atoms in total. The molecule has 0 radical (unpaired) electrons. The van der Waals surface area contributed by atoms with Gasteiger partial charge in [-0.1, -0.05) is 18.2 Å². The van der Waals surface area contributed by atoms with E-state index in [0.29, 0.717) is 17.5 Å². The summed E-state index contributed by atoms with van der Waals surface area (Å²) in [5.74, 6) is 0.564. The fourth-order valence-electron chi connectivity index (χ4n) is 3.22.